The van der Waals surface area contributed by atoms with Crippen LogP contribution in [0.5, 0.6) is 11.5 Å². The highest BCUT2D eigenvalue weighted by molar-refractivity contribution is 6.05. The molecule has 0 bridgehead atoms. The van der Waals surface area contributed by atoms with Gasteiger partial charge in [-0.2, -0.15) is 0 Å². The molecule has 0 unspecified atom stereocenters. The number of morpholine rings is 1. The van der Waals surface area contributed by atoms with E-state index in [4.69, 9.17) is 14.2 Å². The van der Waals surface area contributed by atoms with E-state index in [-0.39, 0.29) is 17.1 Å². The second-order valence-electron chi connectivity index (χ2n) is 11.0. The minimum absolute atomic E-state index is 0.0594. The average molecular weight is 517 g/mol. The summed E-state index contributed by atoms with van der Waals surface area (Å²) < 4.78 is 17.3. The van der Waals surface area contributed by atoms with Gasteiger partial charge in [0.15, 0.2) is 17.3 Å². The van der Waals surface area contributed by atoms with Crippen molar-refractivity contribution in [1.29, 1.82) is 0 Å². The van der Waals surface area contributed by atoms with E-state index >= 15 is 0 Å². The van der Waals surface area contributed by atoms with Gasteiger partial charge < -0.3 is 24.4 Å². The van der Waals surface area contributed by atoms with Crippen LogP contribution in [0.25, 0.3) is 0 Å². The summed E-state index contributed by atoms with van der Waals surface area (Å²) in [5, 5.41) is 3.46. The van der Waals surface area contributed by atoms with Crippen molar-refractivity contribution in [2.45, 2.75) is 46.1 Å². The van der Waals surface area contributed by atoms with Gasteiger partial charge in [-0.1, -0.05) is 50.2 Å². The predicted octanol–water partition coefficient (Wildman–Crippen LogP) is 4.74. The molecule has 1 N–H and O–H groups in total. The van der Waals surface area contributed by atoms with Crippen molar-refractivity contribution in [2.24, 2.45) is 5.41 Å². The topological polar surface area (TPSA) is 77.1 Å². The van der Waals surface area contributed by atoms with E-state index < -0.39 is 5.92 Å². The van der Waals surface area contributed by atoms with Crippen molar-refractivity contribution < 1.29 is 23.8 Å². The number of carbonyl (C=O) groups is 2. The smallest absolute Gasteiger partial charge is 0.252 e. The lowest BCUT2D eigenvalue weighted by Crippen LogP contribution is -2.45. The van der Waals surface area contributed by atoms with Crippen LogP contribution >= 0.6 is 0 Å². The highest BCUT2D eigenvalue weighted by Crippen LogP contribution is 2.48. The highest BCUT2D eigenvalue weighted by atomic mass is 16.5. The first kappa shape index (κ1) is 26.0. The first-order valence-electron chi connectivity index (χ1n) is 13.2. The standard InChI is InChI=1S/C31H36N2O5/c1-20-27(30(35)33-12-14-37-15-13-33)28(29-23(32-20)17-31(2,3)18-24(29)34)22-10-11-25(26(16-22)36-4)38-19-21-8-6-5-7-9-21/h5-11,16,28,32H,12-15,17-19H2,1-4H3/t28-/m0/s1. The van der Waals surface area contributed by atoms with Gasteiger partial charge in [-0.25, -0.2) is 0 Å². The van der Waals surface area contributed by atoms with Crippen molar-refractivity contribution in [1.82, 2.24) is 10.2 Å². The lowest BCUT2D eigenvalue weighted by atomic mass is 9.68. The maximum atomic E-state index is 13.9. The number of allylic oxidation sites excluding steroid dienone is 3. The third-order valence-electron chi connectivity index (χ3n) is 7.53. The molecule has 1 saturated heterocycles. The summed E-state index contributed by atoms with van der Waals surface area (Å²) in [5.41, 5.74) is 4.75. The van der Waals surface area contributed by atoms with Gasteiger partial charge in [-0.15, -0.1) is 0 Å². The van der Waals surface area contributed by atoms with E-state index in [9.17, 15) is 9.59 Å². The Labute approximate surface area is 224 Å². The van der Waals surface area contributed by atoms with Gasteiger partial charge in [-0.05, 0) is 42.0 Å². The molecular formula is C31H36N2O5. The molecule has 5 rings (SSSR count). The van der Waals surface area contributed by atoms with E-state index in [0.717, 1.165) is 28.9 Å². The number of nitrogens with zero attached hydrogens (tertiary/aromatic N) is 1. The molecule has 1 amide bonds. The fraction of sp³-hybridized carbons (Fsp3) is 0.419. The summed E-state index contributed by atoms with van der Waals surface area (Å²) in [7, 11) is 1.61. The van der Waals surface area contributed by atoms with Crippen LogP contribution in [-0.4, -0.2) is 50.0 Å². The van der Waals surface area contributed by atoms with Crippen molar-refractivity contribution in [3.8, 4) is 11.5 Å². The predicted molar refractivity (Wildman–Crippen MR) is 145 cm³/mol. The minimum atomic E-state index is -0.484. The number of hydrogen-bond donors (Lipinski definition) is 1. The molecule has 2 aromatic carbocycles. The fourth-order valence-electron chi connectivity index (χ4n) is 5.71. The number of dihydropyridines is 1. The largest absolute Gasteiger partial charge is 0.493 e. The summed E-state index contributed by atoms with van der Waals surface area (Å²) in [6.07, 6.45) is 1.19. The molecule has 2 aromatic rings. The molecule has 38 heavy (non-hydrogen) atoms. The Morgan fingerprint density at radius 1 is 1.08 bits per heavy atom. The molecule has 0 aromatic heterocycles. The Morgan fingerprint density at radius 2 is 1.82 bits per heavy atom. The number of methoxy groups -OCH3 is 1. The summed E-state index contributed by atoms with van der Waals surface area (Å²) in [6.45, 7) is 8.66. The van der Waals surface area contributed by atoms with Gasteiger partial charge in [0.05, 0.1) is 20.3 Å². The van der Waals surface area contributed by atoms with E-state index in [1.54, 1.807) is 7.11 Å². The lowest BCUT2D eigenvalue weighted by molar-refractivity contribution is -0.131. The molecule has 1 fully saturated rings. The quantitative estimate of drug-likeness (QED) is 0.598. The molecule has 7 heteroatoms. The molecule has 7 nitrogen and oxygen atoms in total. The molecule has 2 heterocycles. The highest BCUT2D eigenvalue weighted by Gasteiger charge is 2.43. The number of carbonyl (C=O) groups excluding carboxylic acids is 2. The van der Waals surface area contributed by atoms with Gasteiger partial charge in [0.1, 0.15) is 6.61 Å². The number of nitrogens with one attached hydrogen (secondary N) is 1. The maximum absolute atomic E-state index is 13.9. The zero-order valence-electron chi connectivity index (χ0n) is 22.6. The van der Waals surface area contributed by atoms with Crippen molar-refractivity contribution >= 4 is 11.7 Å². The molecule has 0 spiro atoms. The van der Waals surface area contributed by atoms with Crippen LogP contribution in [0, 0.1) is 5.41 Å². The summed E-state index contributed by atoms with van der Waals surface area (Å²) in [4.78, 5) is 29.4. The molecule has 1 atom stereocenters. The summed E-state index contributed by atoms with van der Waals surface area (Å²) in [5.74, 6) is 0.717. The SMILES string of the molecule is COc1cc([C@H]2C(C(=O)N3CCOCC3)=C(C)NC3=C2C(=O)CC(C)(C)C3)ccc1OCc1ccccc1. The van der Waals surface area contributed by atoms with Gasteiger partial charge in [0.25, 0.3) is 5.91 Å². The Kier molecular flexibility index (Phi) is 7.30. The Morgan fingerprint density at radius 3 is 2.53 bits per heavy atom. The number of Topliss-reactive ketones (excluding diaryl/α,β-unsaturated/α-hetero) is 1. The Balaban J connectivity index is 1.55. The number of ketones is 1. The summed E-state index contributed by atoms with van der Waals surface area (Å²) in [6, 6.07) is 15.7. The molecular weight excluding hydrogens is 480 g/mol. The van der Waals surface area contributed by atoms with Crippen LogP contribution in [0.4, 0.5) is 0 Å². The number of ether oxygens (including phenoxy) is 3. The van der Waals surface area contributed by atoms with Crippen molar-refractivity contribution in [3.05, 3.63) is 82.2 Å². The van der Waals surface area contributed by atoms with E-state index in [2.05, 4.69) is 19.2 Å². The minimum Gasteiger partial charge on any atom is -0.493 e. The zero-order chi connectivity index (χ0) is 26.9. The van der Waals surface area contributed by atoms with Gasteiger partial charge in [0, 0.05) is 48.0 Å². The summed E-state index contributed by atoms with van der Waals surface area (Å²) >= 11 is 0. The third kappa shape index (κ3) is 5.20. The number of benzene rings is 2. The van der Waals surface area contributed by atoms with E-state index in [0.29, 0.717) is 62.0 Å². The zero-order valence-corrected chi connectivity index (χ0v) is 22.6. The van der Waals surface area contributed by atoms with Crippen LogP contribution in [0.2, 0.25) is 0 Å². The molecule has 1 aliphatic carbocycles. The molecule has 2 aliphatic heterocycles. The fourth-order valence-corrected chi connectivity index (χ4v) is 5.71. The first-order chi connectivity index (χ1) is 18.3. The normalized spacial score (nSPS) is 21.1. The Hall–Kier alpha value is -3.58. The van der Waals surface area contributed by atoms with Crippen molar-refractivity contribution in [2.75, 3.05) is 33.4 Å². The maximum Gasteiger partial charge on any atom is 0.252 e. The molecule has 200 valence electrons. The Bertz CT molecular complexity index is 1290. The number of amides is 1. The van der Waals surface area contributed by atoms with Gasteiger partial charge >= 0.3 is 0 Å². The van der Waals surface area contributed by atoms with Crippen LogP contribution in [0.15, 0.2) is 71.1 Å². The second kappa shape index (κ2) is 10.7. The van der Waals surface area contributed by atoms with Crippen LogP contribution < -0.4 is 14.8 Å². The van der Waals surface area contributed by atoms with E-state index in [1.807, 2.05) is 60.4 Å². The molecule has 3 aliphatic rings. The van der Waals surface area contributed by atoms with Gasteiger partial charge in [-0.3, -0.25) is 9.59 Å². The molecule has 0 saturated carbocycles. The third-order valence-corrected chi connectivity index (χ3v) is 7.53. The average Bonchev–Trinajstić information content (AvgIpc) is 2.91. The number of hydrogen-bond acceptors (Lipinski definition) is 6. The second-order valence-corrected chi connectivity index (χ2v) is 11.0. The monoisotopic (exact) mass is 516 g/mol. The van der Waals surface area contributed by atoms with Gasteiger partial charge in [0.2, 0.25) is 0 Å². The molecule has 0 radical (unpaired) electrons. The van der Waals surface area contributed by atoms with Crippen LogP contribution in [-0.2, 0) is 20.9 Å². The van der Waals surface area contributed by atoms with Crippen molar-refractivity contribution in [3.63, 3.8) is 0 Å². The number of rotatable bonds is 6. The lowest BCUT2D eigenvalue weighted by Gasteiger charge is -2.41. The van der Waals surface area contributed by atoms with Crippen LogP contribution in [0.3, 0.4) is 0 Å². The van der Waals surface area contributed by atoms with E-state index in [1.165, 1.54) is 0 Å². The first-order valence-corrected chi connectivity index (χ1v) is 13.2. The van der Waals surface area contributed by atoms with Crippen LogP contribution in [0.1, 0.15) is 50.7 Å².